The van der Waals surface area contributed by atoms with Crippen LogP contribution in [0, 0.1) is 17.3 Å². The topological polar surface area (TPSA) is 15.3 Å². The molecule has 2 aliphatic heterocycles. The van der Waals surface area contributed by atoms with E-state index in [0.717, 1.165) is 23.3 Å². The Bertz CT molecular complexity index is 239. The van der Waals surface area contributed by atoms with E-state index >= 15 is 0 Å². The summed E-state index contributed by atoms with van der Waals surface area (Å²) < 4.78 is 0. The average Bonchev–Trinajstić information content (AvgIpc) is 3.01. The maximum absolute atomic E-state index is 3.56. The molecule has 16 heavy (non-hydrogen) atoms. The lowest BCUT2D eigenvalue weighted by atomic mass is 9.83. The van der Waals surface area contributed by atoms with Crippen LogP contribution in [0.5, 0.6) is 0 Å². The summed E-state index contributed by atoms with van der Waals surface area (Å²) in [5, 5.41) is 3.56. The third kappa shape index (κ3) is 1.91. The highest BCUT2D eigenvalue weighted by Crippen LogP contribution is 2.54. The summed E-state index contributed by atoms with van der Waals surface area (Å²) in [5.41, 5.74) is 0.829. The van der Waals surface area contributed by atoms with Crippen molar-refractivity contribution in [3.63, 3.8) is 0 Å². The van der Waals surface area contributed by atoms with Gasteiger partial charge in [-0.1, -0.05) is 13.8 Å². The van der Waals surface area contributed by atoms with Crippen molar-refractivity contribution in [1.29, 1.82) is 0 Å². The van der Waals surface area contributed by atoms with Crippen LogP contribution in [-0.2, 0) is 0 Å². The molecular weight excluding hydrogens is 196 g/mol. The van der Waals surface area contributed by atoms with E-state index in [1.54, 1.807) is 0 Å². The van der Waals surface area contributed by atoms with Crippen LogP contribution in [0.25, 0.3) is 0 Å². The van der Waals surface area contributed by atoms with Crippen molar-refractivity contribution in [2.75, 3.05) is 26.2 Å². The number of piperidine rings is 2. The van der Waals surface area contributed by atoms with Gasteiger partial charge in [-0.2, -0.15) is 0 Å². The lowest BCUT2D eigenvalue weighted by Gasteiger charge is -2.46. The fourth-order valence-electron chi connectivity index (χ4n) is 4.03. The number of likely N-dealkylation sites (tertiary alicyclic amines) is 1. The summed E-state index contributed by atoms with van der Waals surface area (Å²) in [6.07, 6.45) is 6.02. The molecule has 0 aromatic carbocycles. The lowest BCUT2D eigenvalue weighted by molar-refractivity contribution is 0.0443. The van der Waals surface area contributed by atoms with Crippen LogP contribution in [0.4, 0.5) is 0 Å². The van der Waals surface area contributed by atoms with Gasteiger partial charge in [0.25, 0.3) is 0 Å². The van der Waals surface area contributed by atoms with E-state index in [1.165, 1.54) is 51.9 Å². The van der Waals surface area contributed by atoms with Crippen LogP contribution in [0.1, 0.15) is 39.5 Å². The molecule has 0 bridgehead atoms. The lowest BCUT2D eigenvalue weighted by Crippen LogP contribution is -2.55. The number of nitrogens with zero attached hydrogens (tertiary/aromatic N) is 1. The zero-order valence-corrected chi connectivity index (χ0v) is 10.8. The van der Waals surface area contributed by atoms with Gasteiger partial charge in [-0.15, -0.1) is 0 Å². The molecule has 0 radical (unpaired) electrons. The third-order valence-corrected chi connectivity index (χ3v) is 5.34. The number of hydrogen-bond acceptors (Lipinski definition) is 2. The Hall–Kier alpha value is -0.0800. The van der Waals surface area contributed by atoms with Gasteiger partial charge < -0.3 is 5.32 Å². The Morgan fingerprint density at radius 2 is 1.50 bits per heavy atom. The predicted molar refractivity (Wildman–Crippen MR) is 67.5 cm³/mol. The van der Waals surface area contributed by atoms with E-state index < -0.39 is 0 Å². The van der Waals surface area contributed by atoms with Gasteiger partial charge in [-0.05, 0) is 69.1 Å². The molecule has 1 aliphatic carbocycles. The van der Waals surface area contributed by atoms with E-state index in [4.69, 9.17) is 0 Å². The van der Waals surface area contributed by atoms with Crippen molar-refractivity contribution in [3.8, 4) is 0 Å². The largest absolute Gasteiger partial charge is 0.316 e. The maximum Gasteiger partial charge on any atom is 0.0171 e. The maximum atomic E-state index is 3.56. The highest BCUT2D eigenvalue weighted by molar-refractivity contribution is 4.99. The Balaban J connectivity index is 1.62. The molecule has 2 unspecified atom stereocenters. The molecule has 1 N–H and O–H groups in total. The minimum atomic E-state index is 0.829. The molecule has 1 spiro atoms. The quantitative estimate of drug-likeness (QED) is 0.731. The van der Waals surface area contributed by atoms with E-state index in [-0.39, 0.29) is 0 Å². The highest BCUT2D eigenvalue weighted by Gasteiger charge is 2.46. The summed E-state index contributed by atoms with van der Waals surface area (Å²) >= 11 is 0. The van der Waals surface area contributed by atoms with Gasteiger partial charge in [0.1, 0.15) is 0 Å². The summed E-state index contributed by atoms with van der Waals surface area (Å²) in [6, 6.07) is 0.845. The second kappa shape index (κ2) is 3.99. The van der Waals surface area contributed by atoms with Crippen LogP contribution >= 0.6 is 0 Å². The van der Waals surface area contributed by atoms with Crippen molar-refractivity contribution < 1.29 is 0 Å². The molecule has 2 atom stereocenters. The standard InChI is InChI=1S/C14H26N2/c1-11-9-15-10-12(2)13(11)16-7-5-14(3-4-14)6-8-16/h11-13,15H,3-10H2,1-2H3. The minimum absolute atomic E-state index is 0.829. The number of rotatable bonds is 1. The predicted octanol–water partition coefficient (Wildman–Crippen LogP) is 2.11. The van der Waals surface area contributed by atoms with Crippen molar-refractivity contribution >= 4 is 0 Å². The molecule has 2 heteroatoms. The molecule has 0 aromatic rings. The molecule has 1 saturated carbocycles. The van der Waals surface area contributed by atoms with Crippen LogP contribution < -0.4 is 5.32 Å². The number of nitrogens with one attached hydrogen (secondary N) is 1. The Morgan fingerprint density at radius 1 is 0.938 bits per heavy atom. The van der Waals surface area contributed by atoms with Gasteiger partial charge in [0.05, 0.1) is 0 Å². The monoisotopic (exact) mass is 222 g/mol. The smallest absolute Gasteiger partial charge is 0.0171 e. The minimum Gasteiger partial charge on any atom is -0.316 e. The first-order valence-electron chi connectivity index (χ1n) is 7.15. The van der Waals surface area contributed by atoms with Gasteiger partial charge in [0.2, 0.25) is 0 Å². The fourth-order valence-corrected chi connectivity index (χ4v) is 4.03. The molecule has 92 valence electrons. The van der Waals surface area contributed by atoms with Crippen molar-refractivity contribution in [3.05, 3.63) is 0 Å². The molecule has 2 heterocycles. The molecule has 3 fully saturated rings. The van der Waals surface area contributed by atoms with Crippen LogP contribution in [-0.4, -0.2) is 37.1 Å². The first-order valence-corrected chi connectivity index (χ1v) is 7.15. The van der Waals surface area contributed by atoms with Gasteiger partial charge >= 0.3 is 0 Å². The van der Waals surface area contributed by atoms with Crippen LogP contribution in [0.3, 0.4) is 0 Å². The number of hydrogen-bond donors (Lipinski definition) is 1. The van der Waals surface area contributed by atoms with E-state index in [1.807, 2.05) is 0 Å². The molecule has 0 amide bonds. The first-order chi connectivity index (χ1) is 7.70. The van der Waals surface area contributed by atoms with E-state index in [0.29, 0.717) is 0 Å². The second-order valence-corrected chi connectivity index (χ2v) is 6.64. The van der Waals surface area contributed by atoms with Crippen molar-refractivity contribution in [2.45, 2.75) is 45.6 Å². The van der Waals surface area contributed by atoms with Crippen LogP contribution in [0.15, 0.2) is 0 Å². The van der Waals surface area contributed by atoms with Gasteiger partial charge in [-0.25, -0.2) is 0 Å². The zero-order valence-electron chi connectivity index (χ0n) is 10.8. The average molecular weight is 222 g/mol. The summed E-state index contributed by atoms with van der Waals surface area (Å²) in [4.78, 5) is 2.81. The van der Waals surface area contributed by atoms with Gasteiger partial charge in [-0.3, -0.25) is 4.90 Å². The fraction of sp³-hybridized carbons (Fsp3) is 1.00. The molecule has 2 nitrogen and oxygen atoms in total. The highest BCUT2D eigenvalue weighted by atomic mass is 15.2. The summed E-state index contributed by atoms with van der Waals surface area (Å²) in [5.74, 6) is 1.66. The molecule has 3 aliphatic rings. The van der Waals surface area contributed by atoms with E-state index in [2.05, 4.69) is 24.1 Å². The Morgan fingerprint density at radius 3 is 2.00 bits per heavy atom. The first kappa shape index (κ1) is 11.0. The van der Waals surface area contributed by atoms with Crippen molar-refractivity contribution in [2.24, 2.45) is 17.3 Å². The van der Waals surface area contributed by atoms with Crippen molar-refractivity contribution in [1.82, 2.24) is 10.2 Å². The SMILES string of the molecule is CC1CNCC(C)C1N1CCC2(CC1)CC2. The molecule has 3 rings (SSSR count). The summed E-state index contributed by atoms with van der Waals surface area (Å²) in [6.45, 7) is 10.0. The normalized spacial score (nSPS) is 43.5. The second-order valence-electron chi connectivity index (χ2n) is 6.64. The third-order valence-electron chi connectivity index (χ3n) is 5.34. The van der Waals surface area contributed by atoms with Gasteiger partial charge in [0, 0.05) is 6.04 Å². The molecular formula is C14H26N2. The Kier molecular flexibility index (Phi) is 2.75. The molecule has 2 saturated heterocycles. The van der Waals surface area contributed by atoms with Crippen LogP contribution in [0.2, 0.25) is 0 Å². The van der Waals surface area contributed by atoms with E-state index in [9.17, 15) is 0 Å². The zero-order chi connectivity index (χ0) is 11.2. The molecule has 0 aromatic heterocycles. The van der Waals surface area contributed by atoms with Gasteiger partial charge in [0.15, 0.2) is 0 Å². The summed E-state index contributed by atoms with van der Waals surface area (Å²) in [7, 11) is 0. The Labute approximate surface area is 99.8 Å².